The average molecular weight is 208 g/mol. The van der Waals surface area contributed by atoms with Gasteiger partial charge >= 0.3 is 11.9 Å². The number of carboxylic acid groups (broad SMARTS) is 2. The number of carbonyl (C=O) groups is 2. The summed E-state index contributed by atoms with van der Waals surface area (Å²) in [6.45, 7) is 0. The van der Waals surface area contributed by atoms with E-state index >= 15 is 0 Å². The van der Waals surface area contributed by atoms with Gasteiger partial charge in [0.2, 0.25) is 0 Å². The lowest BCUT2D eigenvalue weighted by Gasteiger charge is -1.97. The summed E-state index contributed by atoms with van der Waals surface area (Å²) < 4.78 is 0. The van der Waals surface area contributed by atoms with Crippen molar-refractivity contribution in [1.82, 2.24) is 0 Å². The van der Waals surface area contributed by atoms with Crippen LogP contribution in [0.4, 0.5) is 0 Å². The molecule has 0 amide bonds. The highest BCUT2D eigenvalue weighted by Gasteiger charge is 1.75. The first kappa shape index (κ1) is 17.5. The van der Waals surface area contributed by atoms with Crippen molar-refractivity contribution < 1.29 is 30.6 Å². The van der Waals surface area contributed by atoms with Crippen LogP contribution in [-0.2, 0) is 9.59 Å². The normalized spacial score (nSPS) is 6.57. The van der Waals surface area contributed by atoms with Gasteiger partial charge < -0.3 is 19.8 Å². The second-order valence-corrected chi connectivity index (χ2v) is 1.57. The number of carbonyl (C=O) groups excluding carboxylic acids is 2. The highest BCUT2D eigenvalue weighted by Crippen LogP contribution is 1.41. The molecule has 0 aromatic rings. The van der Waals surface area contributed by atoms with Crippen LogP contribution in [0.25, 0.3) is 0 Å². The van der Waals surface area contributed by atoms with Crippen LogP contribution >= 0.6 is 0 Å². The number of hydrogen-bond acceptors (Lipinski definition) is 4. The molecule has 10 heteroatoms. The van der Waals surface area contributed by atoms with Crippen LogP contribution in [0.2, 0.25) is 0 Å². The van der Waals surface area contributed by atoms with Gasteiger partial charge in [-0.15, -0.1) is 0 Å². The zero-order valence-electron chi connectivity index (χ0n) is 7.10. The van der Waals surface area contributed by atoms with E-state index in [4.69, 9.17) is 19.8 Å². The van der Waals surface area contributed by atoms with Gasteiger partial charge in [0.1, 0.15) is 0 Å². The van der Waals surface area contributed by atoms with Gasteiger partial charge in [0.15, 0.2) is 0 Å². The molecule has 0 bridgehead atoms. The highest BCUT2D eigenvalue weighted by molar-refractivity contribution is 6.25. The van der Waals surface area contributed by atoms with Gasteiger partial charge in [-0.3, -0.25) is 33.8 Å². The van der Waals surface area contributed by atoms with E-state index in [2.05, 4.69) is 33.8 Å². The van der Waals surface area contributed by atoms with Gasteiger partial charge in [-0.1, -0.05) is 0 Å². The van der Waals surface area contributed by atoms with Crippen molar-refractivity contribution in [2.24, 2.45) is 22.9 Å². The summed E-state index contributed by atoms with van der Waals surface area (Å²) in [6.07, 6.45) is 0. The fraction of sp³-hybridized carbons (Fsp3) is 0. The molecule has 0 aliphatic rings. The van der Waals surface area contributed by atoms with Gasteiger partial charge in [-0.25, -0.2) is 0 Å². The summed E-state index contributed by atoms with van der Waals surface area (Å²) in [5, 5.41) is 27.0. The SMILES string of the molecule is NC(N)=[NH2+].NC(N)=[NH2+].O=C([O-])C(=O)[O-]. The van der Waals surface area contributed by atoms with E-state index in [1.165, 1.54) is 0 Å². The lowest BCUT2D eigenvalue weighted by atomic mass is 10.7. The molecular formula is C4H12N6O4. The highest BCUT2D eigenvalue weighted by atomic mass is 16.4. The second kappa shape index (κ2) is 10.5. The Labute approximate surface area is 78.5 Å². The standard InChI is InChI=1S/C2H2O4.2CH5N3/c3-1(4)2(5)6;2*2-1(3)4/h(H,3,4)(H,5,6);2*(H5,2,3,4). The number of aliphatic carboxylic acids is 2. The molecule has 0 fully saturated rings. The smallest absolute Gasteiger partial charge is 0.336 e. The molecule has 0 aliphatic carbocycles. The number of guanidine groups is 2. The van der Waals surface area contributed by atoms with Crippen LogP contribution in [0.1, 0.15) is 0 Å². The molecule has 82 valence electrons. The van der Waals surface area contributed by atoms with Gasteiger partial charge in [0, 0.05) is 0 Å². The van der Waals surface area contributed by atoms with Crippen molar-refractivity contribution in [1.29, 1.82) is 0 Å². The summed E-state index contributed by atoms with van der Waals surface area (Å²) in [5.41, 5.74) is 18.3. The monoisotopic (exact) mass is 208 g/mol. The van der Waals surface area contributed by atoms with Gasteiger partial charge in [-0.2, -0.15) is 0 Å². The first-order valence-corrected chi connectivity index (χ1v) is 2.80. The average Bonchev–Trinajstić information content (AvgIpc) is 1.83. The summed E-state index contributed by atoms with van der Waals surface area (Å²) in [7, 11) is 0. The van der Waals surface area contributed by atoms with Crippen molar-refractivity contribution in [3.8, 4) is 0 Å². The Bertz CT molecular complexity index is 194. The molecule has 0 aliphatic heterocycles. The maximum atomic E-state index is 8.93. The van der Waals surface area contributed by atoms with Crippen LogP contribution in [0.15, 0.2) is 0 Å². The fourth-order valence-corrected chi connectivity index (χ4v) is 0. The third kappa shape index (κ3) is 311. The minimum atomic E-state index is -2.19. The molecule has 0 aromatic carbocycles. The molecule has 12 N–H and O–H groups in total. The minimum Gasteiger partial charge on any atom is -0.543 e. The third-order valence-corrected chi connectivity index (χ3v) is 0.167. The Kier molecular flexibility index (Phi) is 13.1. The van der Waals surface area contributed by atoms with Crippen LogP contribution in [-0.4, -0.2) is 23.9 Å². The molecule has 0 rings (SSSR count). The lowest BCUT2D eigenvalue weighted by molar-refractivity contribution is -0.345. The molecule has 0 saturated carbocycles. The Morgan fingerprint density at radius 1 is 0.786 bits per heavy atom. The van der Waals surface area contributed by atoms with E-state index in [1.54, 1.807) is 0 Å². The van der Waals surface area contributed by atoms with E-state index in [-0.39, 0.29) is 11.9 Å². The van der Waals surface area contributed by atoms with E-state index in [9.17, 15) is 0 Å². The predicted octanol–water partition coefficient (Wildman–Crippen LogP) is -9.48. The molecule has 0 saturated heterocycles. The van der Waals surface area contributed by atoms with Crippen molar-refractivity contribution in [3.05, 3.63) is 0 Å². The fourth-order valence-electron chi connectivity index (χ4n) is 0. The molecular weight excluding hydrogens is 196 g/mol. The van der Waals surface area contributed by atoms with E-state index in [0.29, 0.717) is 0 Å². The molecule has 0 aromatic heterocycles. The van der Waals surface area contributed by atoms with Crippen molar-refractivity contribution in [2.75, 3.05) is 0 Å². The van der Waals surface area contributed by atoms with E-state index in [1.807, 2.05) is 0 Å². The zero-order chi connectivity index (χ0) is 12.3. The Morgan fingerprint density at radius 2 is 0.857 bits per heavy atom. The second-order valence-electron chi connectivity index (χ2n) is 1.57. The molecule has 0 radical (unpaired) electrons. The summed E-state index contributed by atoms with van der Waals surface area (Å²) >= 11 is 0. The predicted molar refractivity (Wildman–Crippen MR) is 40.6 cm³/mol. The minimum absolute atomic E-state index is 0.0833. The number of carboxylic acids is 2. The molecule has 14 heavy (non-hydrogen) atoms. The molecule has 10 nitrogen and oxygen atoms in total. The van der Waals surface area contributed by atoms with Crippen LogP contribution in [0, 0.1) is 0 Å². The Morgan fingerprint density at radius 3 is 0.857 bits per heavy atom. The van der Waals surface area contributed by atoms with Gasteiger partial charge in [0.05, 0.1) is 11.9 Å². The number of nitrogens with two attached hydrogens (primary N) is 6. The summed E-state index contributed by atoms with van der Waals surface area (Å²) in [4.78, 5) is 17.9. The largest absolute Gasteiger partial charge is 0.543 e. The Balaban J connectivity index is -0.000000135. The van der Waals surface area contributed by atoms with Crippen molar-refractivity contribution >= 4 is 23.9 Å². The van der Waals surface area contributed by atoms with Gasteiger partial charge in [-0.05, 0) is 0 Å². The molecule has 0 spiro atoms. The van der Waals surface area contributed by atoms with Crippen molar-refractivity contribution in [2.45, 2.75) is 0 Å². The molecule has 0 heterocycles. The summed E-state index contributed by atoms with van der Waals surface area (Å²) in [6, 6.07) is 0. The molecule has 0 atom stereocenters. The van der Waals surface area contributed by atoms with Crippen LogP contribution in [0.3, 0.4) is 0 Å². The maximum Gasteiger partial charge on any atom is 0.336 e. The number of hydrogen-bond donors (Lipinski definition) is 6. The van der Waals surface area contributed by atoms with E-state index in [0.717, 1.165) is 0 Å². The Hall–Kier alpha value is -2.52. The third-order valence-electron chi connectivity index (χ3n) is 0.167. The van der Waals surface area contributed by atoms with Crippen LogP contribution < -0.4 is 44.0 Å². The number of rotatable bonds is 0. The van der Waals surface area contributed by atoms with E-state index < -0.39 is 11.9 Å². The lowest BCUT2D eigenvalue weighted by Crippen LogP contribution is -2.51. The topological polar surface area (TPSA) is 236 Å². The summed E-state index contributed by atoms with van der Waals surface area (Å²) in [5.74, 6) is -4.54. The first-order chi connectivity index (χ1) is 6.11. The first-order valence-electron chi connectivity index (χ1n) is 2.80. The molecule has 0 unspecified atom stereocenters. The van der Waals surface area contributed by atoms with Crippen LogP contribution in [0.5, 0.6) is 0 Å². The van der Waals surface area contributed by atoms with Crippen molar-refractivity contribution in [3.63, 3.8) is 0 Å². The van der Waals surface area contributed by atoms with Gasteiger partial charge in [0.25, 0.3) is 0 Å². The quantitative estimate of drug-likeness (QED) is 0.126. The zero-order valence-corrected chi connectivity index (χ0v) is 7.10. The maximum absolute atomic E-state index is 8.93.